The predicted molar refractivity (Wildman–Crippen MR) is 117 cm³/mol. The van der Waals surface area contributed by atoms with Crippen LogP contribution in [0.3, 0.4) is 0 Å². The van der Waals surface area contributed by atoms with Gasteiger partial charge in [-0.2, -0.15) is 0 Å². The van der Waals surface area contributed by atoms with Crippen molar-refractivity contribution in [2.24, 2.45) is 5.73 Å². The van der Waals surface area contributed by atoms with E-state index in [9.17, 15) is 5.11 Å². The average molecular weight is 408 g/mol. The fourth-order valence-electron chi connectivity index (χ4n) is 3.93. The lowest BCUT2D eigenvalue weighted by Crippen LogP contribution is -2.62. The molecular weight excluding hydrogens is 378 g/mol. The highest BCUT2D eigenvalue weighted by Crippen LogP contribution is 2.45. The standard InChI is InChI=1S/C25H29NO4/c26-24(28,20-30-19-18-29-17-16-27)25(21-10-4-1-5-11-21,22-12-6-2-7-13-22)23-14-8-3-9-15-23/h1-15,27-28H,16-20,26H2. The van der Waals surface area contributed by atoms with Gasteiger partial charge in [-0.05, 0) is 16.7 Å². The molecule has 0 aliphatic rings. The van der Waals surface area contributed by atoms with E-state index >= 15 is 0 Å². The van der Waals surface area contributed by atoms with Gasteiger partial charge in [-0.25, -0.2) is 0 Å². The molecule has 3 rings (SSSR count). The largest absolute Gasteiger partial charge is 0.394 e. The van der Waals surface area contributed by atoms with Crippen molar-refractivity contribution in [2.75, 3.05) is 33.0 Å². The molecule has 0 aliphatic carbocycles. The first-order valence-corrected chi connectivity index (χ1v) is 10.1. The fraction of sp³-hybridized carbons (Fsp3) is 0.280. The summed E-state index contributed by atoms with van der Waals surface area (Å²) in [4.78, 5) is 0. The minimum atomic E-state index is -1.76. The maximum Gasteiger partial charge on any atom is 0.154 e. The van der Waals surface area contributed by atoms with Crippen LogP contribution in [0.1, 0.15) is 16.7 Å². The van der Waals surface area contributed by atoms with E-state index in [4.69, 9.17) is 20.3 Å². The molecule has 4 N–H and O–H groups in total. The van der Waals surface area contributed by atoms with Crippen molar-refractivity contribution in [1.82, 2.24) is 0 Å². The number of hydrogen-bond acceptors (Lipinski definition) is 5. The van der Waals surface area contributed by atoms with Gasteiger partial charge in [0.25, 0.3) is 0 Å². The highest BCUT2D eigenvalue weighted by atomic mass is 16.5. The van der Waals surface area contributed by atoms with E-state index in [0.29, 0.717) is 6.61 Å². The van der Waals surface area contributed by atoms with Gasteiger partial charge in [-0.1, -0.05) is 91.0 Å². The molecule has 0 spiro atoms. The summed E-state index contributed by atoms with van der Waals surface area (Å²) in [7, 11) is 0. The SMILES string of the molecule is NC(O)(COCCOCCO)C(c1ccccc1)(c1ccccc1)c1ccccc1. The van der Waals surface area contributed by atoms with Crippen LogP contribution in [-0.4, -0.2) is 49.0 Å². The second-order valence-corrected chi connectivity index (χ2v) is 7.16. The summed E-state index contributed by atoms with van der Waals surface area (Å²) in [6.45, 7) is 0.673. The molecule has 0 saturated carbocycles. The molecule has 3 aromatic rings. The zero-order chi connectivity index (χ0) is 21.3. The summed E-state index contributed by atoms with van der Waals surface area (Å²) < 4.78 is 11.0. The number of rotatable bonds is 11. The zero-order valence-corrected chi connectivity index (χ0v) is 17.0. The molecule has 0 aliphatic heterocycles. The number of aliphatic hydroxyl groups excluding tert-OH is 1. The van der Waals surface area contributed by atoms with Crippen LogP contribution < -0.4 is 5.73 Å². The van der Waals surface area contributed by atoms with Gasteiger partial charge in [0.05, 0.1) is 38.4 Å². The van der Waals surface area contributed by atoms with Crippen LogP contribution in [0.5, 0.6) is 0 Å². The molecule has 158 valence electrons. The van der Waals surface area contributed by atoms with Crippen molar-refractivity contribution in [3.05, 3.63) is 108 Å². The summed E-state index contributed by atoms with van der Waals surface area (Å²) in [5.41, 5.74) is 6.48. The topological polar surface area (TPSA) is 84.9 Å². The molecule has 5 heteroatoms. The third kappa shape index (κ3) is 4.61. The van der Waals surface area contributed by atoms with E-state index in [-0.39, 0.29) is 26.4 Å². The van der Waals surface area contributed by atoms with E-state index in [1.807, 2.05) is 91.0 Å². The summed E-state index contributed by atoms with van der Waals surface area (Å²) in [5, 5.41) is 20.6. The van der Waals surface area contributed by atoms with Crippen LogP contribution in [0.2, 0.25) is 0 Å². The van der Waals surface area contributed by atoms with Gasteiger partial charge in [0.15, 0.2) is 5.72 Å². The Balaban J connectivity index is 2.07. The maximum atomic E-state index is 11.8. The maximum absolute atomic E-state index is 11.8. The van der Waals surface area contributed by atoms with Crippen molar-refractivity contribution >= 4 is 0 Å². The van der Waals surface area contributed by atoms with Crippen molar-refractivity contribution in [2.45, 2.75) is 11.1 Å². The van der Waals surface area contributed by atoms with E-state index in [1.54, 1.807) is 0 Å². The number of nitrogens with two attached hydrogens (primary N) is 1. The highest BCUT2D eigenvalue weighted by molar-refractivity contribution is 5.53. The molecule has 5 nitrogen and oxygen atoms in total. The molecule has 0 heterocycles. The number of aliphatic hydroxyl groups is 2. The van der Waals surface area contributed by atoms with E-state index in [2.05, 4.69) is 0 Å². The molecule has 0 aromatic heterocycles. The Morgan fingerprint density at radius 1 is 0.633 bits per heavy atom. The Labute approximate surface area is 177 Å². The van der Waals surface area contributed by atoms with Crippen LogP contribution in [0.4, 0.5) is 0 Å². The van der Waals surface area contributed by atoms with Crippen LogP contribution in [0, 0.1) is 0 Å². The third-order valence-corrected chi connectivity index (χ3v) is 5.20. The third-order valence-electron chi connectivity index (χ3n) is 5.20. The Bertz CT molecular complexity index is 773. The van der Waals surface area contributed by atoms with Crippen molar-refractivity contribution in [3.8, 4) is 0 Å². The minimum absolute atomic E-state index is 0.0417. The molecular formula is C25H29NO4. The van der Waals surface area contributed by atoms with E-state index < -0.39 is 11.1 Å². The van der Waals surface area contributed by atoms with Gasteiger partial charge < -0.3 is 25.4 Å². The lowest BCUT2D eigenvalue weighted by Gasteiger charge is -2.46. The number of benzene rings is 3. The average Bonchev–Trinajstić information content (AvgIpc) is 2.79. The summed E-state index contributed by atoms with van der Waals surface area (Å²) in [6.07, 6.45) is 0. The highest BCUT2D eigenvalue weighted by Gasteiger charge is 2.52. The molecule has 1 unspecified atom stereocenters. The Kier molecular flexibility index (Phi) is 7.74. The first-order chi connectivity index (χ1) is 14.6. The second-order valence-electron chi connectivity index (χ2n) is 7.16. The Morgan fingerprint density at radius 3 is 1.43 bits per heavy atom. The second kappa shape index (κ2) is 10.5. The molecule has 0 radical (unpaired) electrons. The van der Waals surface area contributed by atoms with Gasteiger partial charge in [0.1, 0.15) is 0 Å². The molecule has 0 fully saturated rings. The molecule has 0 amide bonds. The molecule has 0 saturated heterocycles. The first kappa shape index (κ1) is 22.2. The quantitative estimate of drug-likeness (QED) is 0.259. The molecule has 1 atom stereocenters. The minimum Gasteiger partial charge on any atom is -0.394 e. The summed E-state index contributed by atoms with van der Waals surface area (Å²) in [5.74, 6) is 0. The van der Waals surface area contributed by atoms with Crippen LogP contribution in [0.15, 0.2) is 91.0 Å². The first-order valence-electron chi connectivity index (χ1n) is 10.1. The van der Waals surface area contributed by atoms with Crippen molar-refractivity contribution in [3.63, 3.8) is 0 Å². The summed E-state index contributed by atoms with van der Waals surface area (Å²) in [6, 6.07) is 29.3. The van der Waals surface area contributed by atoms with Gasteiger partial charge in [-0.15, -0.1) is 0 Å². The molecule has 30 heavy (non-hydrogen) atoms. The van der Waals surface area contributed by atoms with Gasteiger partial charge in [0, 0.05) is 0 Å². The van der Waals surface area contributed by atoms with Gasteiger partial charge in [0.2, 0.25) is 0 Å². The van der Waals surface area contributed by atoms with E-state index in [1.165, 1.54) is 0 Å². The van der Waals surface area contributed by atoms with Gasteiger partial charge in [-0.3, -0.25) is 0 Å². The number of hydrogen-bond donors (Lipinski definition) is 3. The van der Waals surface area contributed by atoms with Gasteiger partial charge >= 0.3 is 0 Å². The van der Waals surface area contributed by atoms with Crippen LogP contribution >= 0.6 is 0 Å². The molecule has 3 aromatic carbocycles. The van der Waals surface area contributed by atoms with Crippen molar-refractivity contribution in [1.29, 1.82) is 0 Å². The Morgan fingerprint density at radius 2 is 1.03 bits per heavy atom. The monoisotopic (exact) mass is 407 g/mol. The number of ether oxygens (including phenoxy) is 2. The summed E-state index contributed by atoms with van der Waals surface area (Å²) >= 11 is 0. The lowest BCUT2D eigenvalue weighted by molar-refractivity contribution is -0.0831. The normalized spacial score (nSPS) is 13.7. The van der Waals surface area contributed by atoms with Crippen LogP contribution in [0.25, 0.3) is 0 Å². The van der Waals surface area contributed by atoms with Crippen molar-refractivity contribution < 1.29 is 19.7 Å². The Hall–Kier alpha value is -2.54. The molecule has 0 bridgehead atoms. The fourth-order valence-corrected chi connectivity index (χ4v) is 3.93. The van der Waals surface area contributed by atoms with E-state index in [0.717, 1.165) is 16.7 Å². The smallest absolute Gasteiger partial charge is 0.154 e. The van der Waals surface area contributed by atoms with Crippen LogP contribution in [-0.2, 0) is 14.9 Å². The lowest BCUT2D eigenvalue weighted by atomic mass is 9.63. The zero-order valence-electron chi connectivity index (χ0n) is 17.0. The predicted octanol–water partition coefficient (Wildman–Crippen LogP) is 2.69.